The standard InChI is InChI=1S/C8H17BrO/c1-5-10-8(4,6-9)7(2)3/h7H,5-6H2,1-4H3. The molecule has 0 saturated carbocycles. The first-order valence-corrected chi connectivity index (χ1v) is 4.89. The number of ether oxygens (including phenoxy) is 1. The predicted molar refractivity (Wildman–Crippen MR) is 48.7 cm³/mol. The van der Waals surface area contributed by atoms with Gasteiger partial charge in [0.25, 0.3) is 0 Å². The first kappa shape index (κ1) is 10.4. The Morgan fingerprint density at radius 3 is 2.10 bits per heavy atom. The van der Waals surface area contributed by atoms with Crippen LogP contribution in [-0.2, 0) is 4.74 Å². The second-order valence-electron chi connectivity index (χ2n) is 3.03. The fraction of sp³-hybridized carbons (Fsp3) is 1.00. The number of halogens is 1. The summed E-state index contributed by atoms with van der Waals surface area (Å²) < 4.78 is 5.59. The summed E-state index contributed by atoms with van der Waals surface area (Å²) in [5.41, 5.74) is 0.00868. The molecule has 0 rings (SSSR count). The van der Waals surface area contributed by atoms with Crippen molar-refractivity contribution < 1.29 is 4.74 Å². The van der Waals surface area contributed by atoms with Gasteiger partial charge in [-0.25, -0.2) is 0 Å². The normalized spacial score (nSPS) is 17.4. The van der Waals surface area contributed by atoms with Gasteiger partial charge in [-0.1, -0.05) is 29.8 Å². The molecule has 1 unspecified atom stereocenters. The van der Waals surface area contributed by atoms with E-state index in [0.717, 1.165) is 11.9 Å². The highest BCUT2D eigenvalue weighted by Crippen LogP contribution is 2.23. The van der Waals surface area contributed by atoms with Crippen LogP contribution >= 0.6 is 15.9 Å². The van der Waals surface area contributed by atoms with Crippen LogP contribution in [0.5, 0.6) is 0 Å². The highest BCUT2D eigenvalue weighted by molar-refractivity contribution is 9.09. The molecule has 0 amide bonds. The third kappa shape index (κ3) is 2.59. The quantitative estimate of drug-likeness (QED) is 0.647. The van der Waals surface area contributed by atoms with E-state index in [1.54, 1.807) is 0 Å². The number of rotatable bonds is 4. The second-order valence-corrected chi connectivity index (χ2v) is 3.59. The van der Waals surface area contributed by atoms with Gasteiger partial charge in [-0.3, -0.25) is 0 Å². The third-order valence-corrected chi connectivity index (χ3v) is 3.07. The molecule has 0 spiro atoms. The summed E-state index contributed by atoms with van der Waals surface area (Å²) in [4.78, 5) is 0. The summed E-state index contributed by atoms with van der Waals surface area (Å²) in [6, 6.07) is 0. The number of hydrogen-bond donors (Lipinski definition) is 0. The van der Waals surface area contributed by atoms with E-state index < -0.39 is 0 Å². The van der Waals surface area contributed by atoms with Crippen LogP contribution in [0, 0.1) is 5.92 Å². The van der Waals surface area contributed by atoms with Crippen molar-refractivity contribution in [3.05, 3.63) is 0 Å². The van der Waals surface area contributed by atoms with Gasteiger partial charge in [0.1, 0.15) is 0 Å². The molecule has 0 aromatic heterocycles. The van der Waals surface area contributed by atoms with Crippen LogP contribution in [-0.4, -0.2) is 17.5 Å². The second kappa shape index (κ2) is 4.35. The zero-order valence-corrected chi connectivity index (χ0v) is 8.86. The van der Waals surface area contributed by atoms with Crippen molar-refractivity contribution in [1.29, 1.82) is 0 Å². The molecule has 0 aliphatic heterocycles. The summed E-state index contributed by atoms with van der Waals surface area (Å²) in [7, 11) is 0. The van der Waals surface area contributed by atoms with Gasteiger partial charge in [0.05, 0.1) is 5.60 Å². The molecule has 10 heavy (non-hydrogen) atoms. The van der Waals surface area contributed by atoms with Crippen molar-refractivity contribution >= 4 is 15.9 Å². The Labute approximate surface area is 72.3 Å². The maximum Gasteiger partial charge on any atom is 0.0773 e. The molecule has 0 radical (unpaired) electrons. The van der Waals surface area contributed by atoms with Gasteiger partial charge in [-0.05, 0) is 19.8 Å². The van der Waals surface area contributed by atoms with Crippen molar-refractivity contribution in [2.75, 3.05) is 11.9 Å². The van der Waals surface area contributed by atoms with Gasteiger partial charge in [0.2, 0.25) is 0 Å². The topological polar surface area (TPSA) is 9.23 Å². The molecule has 0 N–H and O–H groups in total. The molecular formula is C8H17BrO. The Bertz CT molecular complexity index is 93.3. The molecule has 62 valence electrons. The van der Waals surface area contributed by atoms with E-state index in [4.69, 9.17) is 4.74 Å². The first-order chi connectivity index (χ1) is 4.56. The largest absolute Gasteiger partial charge is 0.374 e. The van der Waals surface area contributed by atoms with Crippen LogP contribution in [0.25, 0.3) is 0 Å². The molecule has 0 bridgehead atoms. The lowest BCUT2D eigenvalue weighted by atomic mass is 9.95. The van der Waals surface area contributed by atoms with E-state index in [1.165, 1.54) is 0 Å². The van der Waals surface area contributed by atoms with E-state index in [1.807, 2.05) is 6.92 Å². The van der Waals surface area contributed by atoms with Gasteiger partial charge < -0.3 is 4.74 Å². The lowest BCUT2D eigenvalue weighted by Crippen LogP contribution is -2.36. The Kier molecular flexibility index (Phi) is 4.54. The summed E-state index contributed by atoms with van der Waals surface area (Å²) in [6.07, 6.45) is 0. The Morgan fingerprint density at radius 1 is 1.50 bits per heavy atom. The zero-order valence-electron chi connectivity index (χ0n) is 7.28. The maximum atomic E-state index is 5.59. The molecular weight excluding hydrogens is 192 g/mol. The SMILES string of the molecule is CCOC(C)(CBr)C(C)C. The van der Waals surface area contributed by atoms with Crippen LogP contribution in [0.4, 0.5) is 0 Å². The monoisotopic (exact) mass is 208 g/mol. The van der Waals surface area contributed by atoms with Crippen molar-refractivity contribution in [3.63, 3.8) is 0 Å². The average molecular weight is 209 g/mol. The van der Waals surface area contributed by atoms with E-state index in [9.17, 15) is 0 Å². The minimum atomic E-state index is 0.00868. The highest BCUT2D eigenvalue weighted by atomic mass is 79.9. The van der Waals surface area contributed by atoms with Crippen LogP contribution in [0.1, 0.15) is 27.7 Å². The highest BCUT2D eigenvalue weighted by Gasteiger charge is 2.26. The van der Waals surface area contributed by atoms with Gasteiger partial charge in [-0.15, -0.1) is 0 Å². The summed E-state index contributed by atoms with van der Waals surface area (Å²) in [5.74, 6) is 0.562. The fourth-order valence-electron chi connectivity index (χ4n) is 0.689. The van der Waals surface area contributed by atoms with Gasteiger partial charge in [-0.2, -0.15) is 0 Å². The van der Waals surface area contributed by atoms with Gasteiger partial charge >= 0.3 is 0 Å². The van der Waals surface area contributed by atoms with E-state index in [0.29, 0.717) is 5.92 Å². The number of alkyl halides is 1. The molecule has 0 fully saturated rings. The molecule has 0 aliphatic carbocycles. The van der Waals surface area contributed by atoms with Gasteiger partial charge in [0.15, 0.2) is 0 Å². The Morgan fingerprint density at radius 2 is 2.00 bits per heavy atom. The average Bonchev–Trinajstić information content (AvgIpc) is 1.88. The fourth-order valence-corrected chi connectivity index (χ4v) is 1.50. The molecule has 1 atom stereocenters. The molecule has 2 heteroatoms. The summed E-state index contributed by atoms with van der Waals surface area (Å²) in [6.45, 7) is 9.31. The van der Waals surface area contributed by atoms with Gasteiger partial charge in [0, 0.05) is 11.9 Å². The molecule has 1 nitrogen and oxygen atoms in total. The van der Waals surface area contributed by atoms with Crippen molar-refractivity contribution in [2.45, 2.75) is 33.3 Å². The molecule has 0 saturated heterocycles. The van der Waals surface area contributed by atoms with Crippen LogP contribution in [0.3, 0.4) is 0 Å². The predicted octanol–water partition coefficient (Wildman–Crippen LogP) is 2.83. The number of hydrogen-bond acceptors (Lipinski definition) is 1. The van der Waals surface area contributed by atoms with Crippen LogP contribution in [0.2, 0.25) is 0 Å². The minimum absolute atomic E-state index is 0.00868. The summed E-state index contributed by atoms with van der Waals surface area (Å²) in [5, 5.41) is 0.908. The minimum Gasteiger partial charge on any atom is -0.374 e. The van der Waals surface area contributed by atoms with Crippen molar-refractivity contribution in [1.82, 2.24) is 0 Å². The van der Waals surface area contributed by atoms with E-state index in [-0.39, 0.29) is 5.60 Å². The molecule has 0 aromatic carbocycles. The van der Waals surface area contributed by atoms with Crippen molar-refractivity contribution in [3.8, 4) is 0 Å². The Balaban J connectivity index is 3.94. The lowest BCUT2D eigenvalue weighted by molar-refractivity contribution is -0.0388. The van der Waals surface area contributed by atoms with E-state index in [2.05, 4.69) is 36.7 Å². The molecule has 0 aliphatic rings. The Hall–Kier alpha value is 0.440. The first-order valence-electron chi connectivity index (χ1n) is 3.76. The molecule has 0 aromatic rings. The van der Waals surface area contributed by atoms with Crippen molar-refractivity contribution in [2.24, 2.45) is 5.92 Å². The van der Waals surface area contributed by atoms with Crippen LogP contribution in [0.15, 0.2) is 0 Å². The third-order valence-electron chi connectivity index (χ3n) is 1.96. The summed E-state index contributed by atoms with van der Waals surface area (Å²) >= 11 is 3.45. The maximum absolute atomic E-state index is 5.59. The smallest absolute Gasteiger partial charge is 0.0773 e. The lowest BCUT2D eigenvalue weighted by Gasteiger charge is -2.31. The molecule has 0 heterocycles. The van der Waals surface area contributed by atoms with Crippen LogP contribution < -0.4 is 0 Å². The van der Waals surface area contributed by atoms with E-state index >= 15 is 0 Å². The zero-order chi connectivity index (χ0) is 8.20.